The van der Waals surface area contributed by atoms with Crippen molar-refractivity contribution in [3.8, 4) is 0 Å². The lowest BCUT2D eigenvalue weighted by atomic mass is 9.83. The SMILES string of the molecule is CC1CCC(CNc2ccc(N3CCCC3=O)cc2)CC1. The van der Waals surface area contributed by atoms with Gasteiger partial charge in [0.25, 0.3) is 0 Å². The predicted molar refractivity (Wildman–Crippen MR) is 87.6 cm³/mol. The van der Waals surface area contributed by atoms with Crippen molar-refractivity contribution in [3.63, 3.8) is 0 Å². The molecular formula is C18H26N2O. The maximum Gasteiger partial charge on any atom is 0.227 e. The van der Waals surface area contributed by atoms with Crippen LogP contribution in [0.25, 0.3) is 0 Å². The molecule has 21 heavy (non-hydrogen) atoms. The van der Waals surface area contributed by atoms with Gasteiger partial charge in [0, 0.05) is 30.9 Å². The maximum atomic E-state index is 11.7. The molecule has 0 aromatic heterocycles. The van der Waals surface area contributed by atoms with Crippen LogP contribution in [0.15, 0.2) is 24.3 Å². The van der Waals surface area contributed by atoms with Gasteiger partial charge in [0.2, 0.25) is 5.91 Å². The third-order valence-corrected chi connectivity index (χ3v) is 4.98. The normalized spacial score (nSPS) is 26.1. The summed E-state index contributed by atoms with van der Waals surface area (Å²) in [6, 6.07) is 8.34. The fourth-order valence-electron chi connectivity index (χ4n) is 3.48. The van der Waals surface area contributed by atoms with Gasteiger partial charge >= 0.3 is 0 Å². The van der Waals surface area contributed by atoms with Crippen molar-refractivity contribution in [2.75, 3.05) is 23.3 Å². The van der Waals surface area contributed by atoms with E-state index < -0.39 is 0 Å². The van der Waals surface area contributed by atoms with Crippen LogP contribution in [0.5, 0.6) is 0 Å². The zero-order valence-corrected chi connectivity index (χ0v) is 13.0. The van der Waals surface area contributed by atoms with Gasteiger partial charge in [0.15, 0.2) is 0 Å². The molecular weight excluding hydrogens is 260 g/mol. The van der Waals surface area contributed by atoms with Gasteiger partial charge in [-0.25, -0.2) is 0 Å². The summed E-state index contributed by atoms with van der Waals surface area (Å²) in [6.07, 6.45) is 7.15. The van der Waals surface area contributed by atoms with E-state index in [1.807, 2.05) is 4.90 Å². The molecule has 0 bridgehead atoms. The molecule has 114 valence electrons. The van der Waals surface area contributed by atoms with Gasteiger partial charge in [0.05, 0.1) is 0 Å². The second-order valence-corrected chi connectivity index (χ2v) is 6.70. The Morgan fingerprint density at radius 2 is 1.86 bits per heavy atom. The fourth-order valence-corrected chi connectivity index (χ4v) is 3.48. The molecule has 3 heteroatoms. The van der Waals surface area contributed by atoms with Crippen molar-refractivity contribution in [2.45, 2.75) is 45.4 Å². The second-order valence-electron chi connectivity index (χ2n) is 6.70. The van der Waals surface area contributed by atoms with Crippen LogP contribution in [-0.4, -0.2) is 19.0 Å². The van der Waals surface area contributed by atoms with E-state index in [1.165, 1.54) is 31.4 Å². The minimum Gasteiger partial charge on any atom is -0.385 e. The molecule has 2 fully saturated rings. The first-order valence-electron chi connectivity index (χ1n) is 8.36. The smallest absolute Gasteiger partial charge is 0.227 e. The number of nitrogens with zero attached hydrogens (tertiary/aromatic N) is 1. The Kier molecular flexibility index (Phi) is 4.47. The Morgan fingerprint density at radius 1 is 1.14 bits per heavy atom. The van der Waals surface area contributed by atoms with Crippen molar-refractivity contribution in [1.82, 2.24) is 0 Å². The first-order valence-corrected chi connectivity index (χ1v) is 8.36. The van der Waals surface area contributed by atoms with E-state index in [4.69, 9.17) is 0 Å². The number of benzene rings is 1. The summed E-state index contributed by atoms with van der Waals surface area (Å²) in [4.78, 5) is 13.6. The van der Waals surface area contributed by atoms with E-state index in [0.717, 1.165) is 37.0 Å². The van der Waals surface area contributed by atoms with Crippen LogP contribution in [0.2, 0.25) is 0 Å². The summed E-state index contributed by atoms with van der Waals surface area (Å²) in [7, 11) is 0. The van der Waals surface area contributed by atoms with E-state index in [9.17, 15) is 4.79 Å². The van der Waals surface area contributed by atoms with E-state index in [-0.39, 0.29) is 5.91 Å². The second kappa shape index (κ2) is 6.50. The van der Waals surface area contributed by atoms with Gasteiger partial charge in [-0.1, -0.05) is 19.8 Å². The molecule has 1 heterocycles. The Hall–Kier alpha value is -1.51. The number of anilines is 2. The number of amides is 1. The summed E-state index contributed by atoms with van der Waals surface area (Å²) in [5, 5.41) is 3.55. The standard InChI is InChI=1S/C18H26N2O/c1-14-4-6-15(7-5-14)13-19-16-8-10-17(11-9-16)20-12-2-3-18(20)21/h8-11,14-15,19H,2-7,12-13H2,1H3. The molecule has 1 saturated heterocycles. The number of hydrogen-bond donors (Lipinski definition) is 1. The zero-order chi connectivity index (χ0) is 14.7. The Labute approximate surface area is 127 Å². The minimum atomic E-state index is 0.257. The van der Waals surface area contributed by atoms with Gasteiger partial charge in [-0.15, -0.1) is 0 Å². The molecule has 1 amide bonds. The van der Waals surface area contributed by atoms with E-state index in [0.29, 0.717) is 6.42 Å². The van der Waals surface area contributed by atoms with E-state index in [1.54, 1.807) is 0 Å². The number of rotatable bonds is 4. The van der Waals surface area contributed by atoms with Crippen LogP contribution in [0.4, 0.5) is 11.4 Å². The molecule has 0 spiro atoms. The van der Waals surface area contributed by atoms with Gasteiger partial charge in [-0.3, -0.25) is 4.79 Å². The van der Waals surface area contributed by atoms with Crippen LogP contribution in [0.3, 0.4) is 0 Å². The first-order chi connectivity index (χ1) is 10.2. The summed E-state index contributed by atoms with van der Waals surface area (Å²) in [5.74, 6) is 1.99. The highest BCUT2D eigenvalue weighted by Gasteiger charge is 2.21. The minimum absolute atomic E-state index is 0.257. The summed E-state index contributed by atoms with van der Waals surface area (Å²) >= 11 is 0. The molecule has 3 nitrogen and oxygen atoms in total. The molecule has 1 aliphatic carbocycles. The van der Waals surface area contributed by atoms with Crippen LogP contribution in [-0.2, 0) is 4.79 Å². The van der Waals surface area contributed by atoms with Crippen LogP contribution in [0, 0.1) is 11.8 Å². The lowest BCUT2D eigenvalue weighted by molar-refractivity contribution is -0.117. The van der Waals surface area contributed by atoms with Crippen LogP contribution >= 0.6 is 0 Å². The number of hydrogen-bond acceptors (Lipinski definition) is 2. The lowest BCUT2D eigenvalue weighted by Gasteiger charge is -2.26. The summed E-state index contributed by atoms with van der Waals surface area (Å²) in [6.45, 7) is 4.31. The average molecular weight is 286 g/mol. The maximum absolute atomic E-state index is 11.7. The van der Waals surface area contributed by atoms with Gasteiger partial charge in [-0.05, 0) is 55.4 Å². The van der Waals surface area contributed by atoms with Gasteiger partial charge < -0.3 is 10.2 Å². The molecule has 3 rings (SSSR count). The van der Waals surface area contributed by atoms with Gasteiger partial charge in [-0.2, -0.15) is 0 Å². The predicted octanol–water partition coefficient (Wildman–Crippen LogP) is 4.05. The molecule has 2 aliphatic rings. The van der Waals surface area contributed by atoms with E-state index >= 15 is 0 Å². The largest absolute Gasteiger partial charge is 0.385 e. The number of nitrogens with one attached hydrogen (secondary N) is 1. The Morgan fingerprint density at radius 3 is 2.48 bits per heavy atom. The molecule has 1 saturated carbocycles. The Bertz CT molecular complexity index is 474. The third kappa shape index (κ3) is 3.58. The first kappa shape index (κ1) is 14.4. The lowest BCUT2D eigenvalue weighted by Crippen LogP contribution is -2.23. The molecule has 0 atom stereocenters. The molecule has 1 aliphatic heterocycles. The topological polar surface area (TPSA) is 32.3 Å². The number of carbonyl (C=O) groups is 1. The molecule has 0 radical (unpaired) electrons. The Balaban J connectivity index is 1.51. The molecule has 0 unspecified atom stereocenters. The summed E-state index contributed by atoms with van der Waals surface area (Å²) < 4.78 is 0. The molecule has 1 aromatic rings. The average Bonchev–Trinajstić information content (AvgIpc) is 2.93. The van der Waals surface area contributed by atoms with E-state index in [2.05, 4.69) is 36.5 Å². The fraction of sp³-hybridized carbons (Fsp3) is 0.611. The summed E-state index contributed by atoms with van der Waals surface area (Å²) in [5.41, 5.74) is 2.21. The highest BCUT2D eigenvalue weighted by molar-refractivity contribution is 5.95. The van der Waals surface area contributed by atoms with Crippen molar-refractivity contribution >= 4 is 17.3 Å². The zero-order valence-electron chi connectivity index (χ0n) is 13.0. The van der Waals surface area contributed by atoms with Gasteiger partial charge in [0.1, 0.15) is 0 Å². The highest BCUT2D eigenvalue weighted by Crippen LogP contribution is 2.29. The van der Waals surface area contributed by atoms with Crippen LogP contribution in [0.1, 0.15) is 45.4 Å². The van der Waals surface area contributed by atoms with Crippen molar-refractivity contribution in [1.29, 1.82) is 0 Å². The molecule has 1 N–H and O–H groups in total. The van der Waals surface area contributed by atoms with Crippen molar-refractivity contribution < 1.29 is 4.79 Å². The quantitative estimate of drug-likeness (QED) is 0.905. The van der Waals surface area contributed by atoms with Crippen molar-refractivity contribution in [2.24, 2.45) is 11.8 Å². The molecule has 1 aromatic carbocycles. The third-order valence-electron chi connectivity index (χ3n) is 4.98. The van der Waals surface area contributed by atoms with Crippen molar-refractivity contribution in [3.05, 3.63) is 24.3 Å². The monoisotopic (exact) mass is 286 g/mol. The number of carbonyl (C=O) groups excluding carboxylic acids is 1. The highest BCUT2D eigenvalue weighted by atomic mass is 16.2. The van der Waals surface area contributed by atoms with Crippen LogP contribution < -0.4 is 10.2 Å².